The van der Waals surface area contributed by atoms with Crippen LogP contribution in [0.15, 0.2) is 59.3 Å². The van der Waals surface area contributed by atoms with Crippen LogP contribution in [-0.2, 0) is 0 Å². The van der Waals surface area contributed by atoms with E-state index in [2.05, 4.69) is 26.0 Å². The zero-order chi connectivity index (χ0) is 22.2. The Morgan fingerprint density at radius 1 is 1.06 bits per heavy atom. The molecule has 0 atom stereocenters. The third-order valence-corrected chi connectivity index (χ3v) is 5.99. The molecule has 0 aliphatic carbocycles. The summed E-state index contributed by atoms with van der Waals surface area (Å²) in [6.45, 7) is 5.14. The third kappa shape index (κ3) is 4.50. The van der Waals surface area contributed by atoms with Crippen LogP contribution < -0.4 is 0 Å². The van der Waals surface area contributed by atoms with Crippen LogP contribution >= 0.6 is 27.5 Å². The van der Waals surface area contributed by atoms with Gasteiger partial charge in [-0.1, -0.05) is 39.7 Å². The van der Waals surface area contributed by atoms with E-state index < -0.39 is 5.54 Å². The largest absolute Gasteiger partial charge is 0.335 e. The van der Waals surface area contributed by atoms with Gasteiger partial charge in [0.1, 0.15) is 6.33 Å². The van der Waals surface area contributed by atoms with Gasteiger partial charge in [-0.25, -0.2) is 9.67 Å². The highest BCUT2D eigenvalue weighted by Gasteiger charge is 2.40. The summed E-state index contributed by atoms with van der Waals surface area (Å²) in [6.07, 6.45) is 1.50. The van der Waals surface area contributed by atoms with Crippen molar-refractivity contribution in [3.05, 3.63) is 75.7 Å². The first-order valence-corrected chi connectivity index (χ1v) is 11.0. The highest BCUT2D eigenvalue weighted by Crippen LogP contribution is 2.25. The van der Waals surface area contributed by atoms with E-state index in [1.807, 2.05) is 38.1 Å². The number of rotatable bonds is 3. The van der Waals surface area contributed by atoms with E-state index >= 15 is 0 Å². The quantitative estimate of drug-likeness (QED) is 0.541. The second kappa shape index (κ2) is 8.43. The molecule has 0 unspecified atom stereocenters. The number of hydrogen-bond donors (Lipinski definition) is 0. The van der Waals surface area contributed by atoms with Gasteiger partial charge in [-0.15, -0.1) is 5.10 Å². The fourth-order valence-electron chi connectivity index (χ4n) is 3.73. The van der Waals surface area contributed by atoms with Crippen LogP contribution in [0.3, 0.4) is 0 Å². The first kappa shape index (κ1) is 21.5. The van der Waals surface area contributed by atoms with E-state index in [9.17, 15) is 9.59 Å². The van der Waals surface area contributed by atoms with Crippen molar-refractivity contribution in [3.8, 4) is 5.69 Å². The average molecular weight is 503 g/mol. The number of nitrogens with zero attached hydrogens (tertiary/aromatic N) is 5. The van der Waals surface area contributed by atoms with Crippen molar-refractivity contribution in [2.24, 2.45) is 0 Å². The Morgan fingerprint density at radius 3 is 2.55 bits per heavy atom. The maximum Gasteiger partial charge on any atom is 0.294 e. The van der Waals surface area contributed by atoms with Crippen LogP contribution in [0.5, 0.6) is 0 Å². The molecule has 0 spiro atoms. The maximum atomic E-state index is 13.2. The van der Waals surface area contributed by atoms with Crippen LogP contribution in [0.1, 0.15) is 34.8 Å². The van der Waals surface area contributed by atoms with Gasteiger partial charge in [0.2, 0.25) is 5.82 Å². The number of halogens is 2. The van der Waals surface area contributed by atoms with Crippen LogP contribution in [-0.4, -0.2) is 61.6 Å². The molecule has 4 rings (SSSR count). The molecule has 0 radical (unpaired) electrons. The number of piperazine rings is 1. The number of benzene rings is 2. The monoisotopic (exact) mass is 501 g/mol. The van der Waals surface area contributed by atoms with Gasteiger partial charge >= 0.3 is 0 Å². The fourth-order valence-corrected chi connectivity index (χ4v) is 4.32. The van der Waals surface area contributed by atoms with E-state index in [1.54, 1.807) is 34.1 Å². The van der Waals surface area contributed by atoms with Gasteiger partial charge in [0.05, 0.1) is 11.2 Å². The van der Waals surface area contributed by atoms with E-state index in [1.165, 1.54) is 11.0 Å². The lowest BCUT2D eigenvalue weighted by Gasteiger charge is -2.46. The Kier molecular flexibility index (Phi) is 5.85. The second-order valence-electron chi connectivity index (χ2n) is 8.00. The minimum atomic E-state index is -0.571. The molecule has 9 heteroatoms. The molecule has 2 heterocycles. The Hall–Kier alpha value is -2.71. The molecule has 0 N–H and O–H groups in total. The molecule has 0 saturated carbocycles. The van der Waals surface area contributed by atoms with Gasteiger partial charge in [-0.05, 0) is 50.2 Å². The Bertz CT molecular complexity index is 1150. The lowest BCUT2D eigenvalue weighted by molar-refractivity contribution is 0.0160. The van der Waals surface area contributed by atoms with Crippen molar-refractivity contribution in [1.82, 2.24) is 24.6 Å². The van der Waals surface area contributed by atoms with Crippen LogP contribution in [0.2, 0.25) is 5.02 Å². The predicted octanol–water partition coefficient (Wildman–Crippen LogP) is 4.06. The van der Waals surface area contributed by atoms with Gasteiger partial charge in [-0.2, -0.15) is 0 Å². The minimum Gasteiger partial charge on any atom is -0.335 e. The molecule has 0 bridgehead atoms. The number of amides is 2. The topological polar surface area (TPSA) is 71.3 Å². The number of aromatic nitrogens is 3. The lowest BCUT2D eigenvalue weighted by Crippen LogP contribution is -2.62. The third-order valence-electron chi connectivity index (χ3n) is 5.26. The molecule has 2 aromatic carbocycles. The summed E-state index contributed by atoms with van der Waals surface area (Å²) >= 11 is 9.45. The average Bonchev–Trinajstić information content (AvgIpc) is 3.22. The molecule has 31 heavy (non-hydrogen) atoms. The van der Waals surface area contributed by atoms with E-state index in [0.717, 1.165) is 10.2 Å². The Labute approximate surface area is 193 Å². The zero-order valence-corrected chi connectivity index (χ0v) is 19.5. The highest BCUT2D eigenvalue weighted by atomic mass is 79.9. The normalized spacial score (nSPS) is 15.7. The summed E-state index contributed by atoms with van der Waals surface area (Å²) < 4.78 is 2.38. The Balaban J connectivity index is 1.50. The molecule has 1 aromatic heterocycles. The van der Waals surface area contributed by atoms with Crippen LogP contribution in [0, 0.1) is 0 Å². The highest BCUT2D eigenvalue weighted by molar-refractivity contribution is 9.10. The van der Waals surface area contributed by atoms with E-state index in [4.69, 9.17) is 11.6 Å². The number of carbonyl (C=O) groups excluding carboxylic acids is 2. The summed E-state index contributed by atoms with van der Waals surface area (Å²) in [6, 6.07) is 14.5. The van der Waals surface area contributed by atoms with E-state index in [-0.39, 0.29) is 17.6 Å². The molecule has 1 aliphatic heterocycles. The second-order valence-corrected chi connectivity index (χ2v) is 9.35. The molecule has 7 nitrogen and oxygen atoms in total. The number of carbonyl (C=O) groups is 2. The molecule has 3 aromatic rings. The smallest absolute Gasteiger partial charge is 0.294 e. The first-order chi connectivity index (χ1) is 14.7. The van der Waals surface area contributed by atoms with Crippen molar-refractivity contribution in [3.63, 3.8) is 0 Å². The summed E-state index contributed by atoms with van der Waals surface area (Å²) in [4.78, 5) is 33.8. The molecular weight excluding hydrogens is 482 g/mol. The van der Waals surface area contributed by atoms with Gasteiger partial charge < -0.3 is 9.80 Å². The maximum absolute atomic E-state index is 13.2. The van der Waals surface area contributed by atoms with Gasteiger partial charge in [0.15, 0.2) is 0 Å². The van der Waals surface area contributed by atoms with Crippen molar-refractivity contribution in [1.29, 1.82) is 0 Å². The number of hydrogen-bond acceptors (Lipinski definition) is 4. The zero-order valence-electron chi connectivity index (χ0n) is 17.1. The van der Waals surface area contributed by atoms with Gasteiger partial charge in [-0.3, -0.25) is 9.59 Å². The van der Waals surface area contributed by atoms with Crippen LogP contribution in [0.4, 0.5) is 0 Å². The lowest BCUT2D eigenvalue weighted by atomic mass is 9.97. The van der Waals surface area contributed by atoms with Gasteiger partial charge in [0.25, 0.3) is 11.8 Å². The van der Waals surface area contributed by atoms with Crippen molar-refractivity contribution in [2.75, 3.05) is 19.6 Å². The molecular formula is C22H21BrClN5O2. The summed E-state index contributed by atoms with van der Waals surface area (Å²) in [5.41, 5.74) is 0.771. The van der Waals surface area contributed by atoms with Gasteiger partial charge in [0, 0.05) is 34.7 Å². The van der Waals surface area contributed by atoms with Crippen molar-refractivity contribution >= 4 is 39.3 Å². The molecule has 2 amide bonds. The fraction of sp³-hybridized carbons (Fsp3) is 0.273. The standard InChI is InChI=1S/C22H21BrClN5O2/c1-22(2)13-27(20(30)15-5-3-6-16(23)11-15)9-10-28(22)21(31)19-25-14-29(26-19)18-8-4-7-17(24)12-18/h3-8,11-12,14H,9-10,13H2,1-2H3. The minimum absolute atomic E-state index is 0.0511. The molecule has 1 fully saturated rings. The van der Waals surface area contributed by atoms with Crippen molar-refractivity contribution < 1.29 is 9.59 Å². The summed E-state index contributed by atoms with van der Waals surface area (Å²) in [5, 5.41) is 4.92. The van der Waals surface area contributed by atoms with Crippen molar-refractivity contribution in [2.45, 2.75) is 19.4 Å². The Morgan fingerprint density at radius 2 is 1.84 bits per heavy atom. The summed E-state index contributed by atoms with van der Waals surface area (Å²) in [7, 11) is 0. The van der Waals surface area contributed by atoms with E-state index in [0.29, 0.717) is 30.2 Å². The molecule has 1 aliphatic rings. The molecule has 1 saturated heterocycles. The molecule has 160 valence electrons. The summed E-state index contributed by atoms with van der Waals surface area (Å²) in [5.74, 6) is -0.204. The SMILES string of the molecule is CC1(C)CN(C(=O)c2cccc(Br)c2)CCN1C(=O)c1ncn(-c2cccc(Cl)c2)n1. The predicted molar refractivity (Wildman–Crippen MR) is 122 cm³/mol. The first-order valence-electron chi connectivity index (χ1n) is 9.79. The van der Waals surface area contributed by atoms with Crippen LogP contribution in [0.25, 0.3) is 5.69 Å².